The number of halogens is 1. The van der Waals surface area contributed by atoms with Gasteiger partial charge in [0.05, 0.1) is 0 Å². The first-order valence-corrected chi connectivity index (χ1v) is 9.15. The van der Waals surface area contributed by atoms with Crippen LogP contribution in [0.1, 0.15) is 28.8 Å². The van der Waals surface area contributed by atoms with E-state index in [9.17, 15) is 4.39 Å². The minimum Gasteiger partial charge on any atom is -0.344 e. The van der Waals surface area contributed by atoms with Crippen LogP contribution in [0.25, 0.3) is 10.9 Å². The lowest BCUT2D eigenvalue weighted by atomic mass is 10.1. The molecule has 0 saturated carbocycles. The molecule has 0 spiro atoms. The van der Waals surface area contributed by atoms with Crippen molar-refractivity contribution in [3.63, 3.8) is 0 Å². The van der Waals surface area contributed by atoms with Gasteiger partial charge in [-0.2, -0.15) is 0 Å². The predicted molar refractivity (Wildman–Crippen MR) is 101 cm³/mol. The van der Waals surface area contributed by atoms with Gasteiger partial charge in [0.25, 0.3) is 0 Å². The van der Waals surface area contributed by atoms with E-state index in [1.807, 2.05) is 6.07 Å². The molecule has 0 amide bonds. The zero-order valence-corrected chi connectivity index (χ0v) is 15.1. The van der Waals surface area contributed by atoms with Gasteiger partial charge in [-0.15, -0.1) is 0 Å². The highest BCUT2D eigenvalue weighted by atomic mass is 19.1. The van der Waals surface area contributed by atoms with Crippen LogP contribution < -0.4 is 0 Å². The van der Waals surface area contributed by atoms with E-state index in [2.05, 4.69) is 47.7 Å². The van der Waals surface area contributed by atoms with Gasteiger partial charge in [-0.1, -0.05) is 29.8 Å². The molecule has 4 rings (SSSR count). The number of rotatable bonds is 3. The van der Waals surface area contributed by atoms with Crippen molar-refractivity contribution in [2.75, 3.05) is 13.6 Å². The highest BCUT2D eigenvalue weighted by Gasteiger charge is 2.21. The lowest BCUT2D eigenvalue weighted by Gasteiger charge is -2.12. The first-order valence-electron chi connectivity index (χ1n) is 9.15. The van der Waals surface area contributed by atoms with Crippen molar-refractivity contribution in [1.29, 1.82) is 0 Å². The summed E-state index contributed by atoms with van der Waals surface area (Å²) in [7, 11) is 2.16. The van der Waals surface area contributed by atoms with Crippen molar-refractivity contribution in [2.24, 2.45) is 0 Å². The van der Waals surface area contributed by atoms with Crippen molar-refractivity contribution >= 4 is 10.9 Å². The van der Waals surface area contributed by atoms with Crippen LogP contribution in [0.4, 0.5) is 4.39 Å². The third kappa shape index (κ3) is 3.21. The molecule has 1 aliphatic heterocycles. The highest BCUT2D eigenvalue weighted by Crippen LogP contribution is 2.31. The Hall–Kier alpha value is -2.13. The Morgan fingerprint density at radius 1 is 1.08 bits per heavy atom. The molecule has 0 radical (unpaired) electrons. The lowest BCUT2D eigenvalue weighted by molar-refractivity contribution is 0.333. The Morgan fingerprint density at radius 2 is 1.88 bits per heavy atom. The van der Waals surface area contributed by atoms with Gasteiger partial charge in [0.2, 0.25) is 0 Å². The molecule has 0 fully saturated rings. The maximum absolute atomic E-state index is 13.9. The molecule has 3 aromatic rings. The van der Waals surface area contributed by atoms with Crippen LogP contribution >= 0.6 is 0 Å². The topological polar surface area (TPSA) is 8.17 Å². The first kappa shape index (κ1) is 16.3. The maximum Gasteiger partial charge on any atom is 0.123 e. The highest BCUT2D eigenvalue weighted by molar-refractivity contribution is 5.85. The summed E-state index contributed by atoms with van der Waals surface area (Å²) in [6.45, 7) is 5.08. The predicted octanol–water partition coefficient (Wildman–Crippen LogP) is 4.71. The van der Waals surface area contributed by atoms with Gasteiger partial charge in [0, 0.05) is 29.7 Å². The molecule has 0 aliphatic carbocycles. The summed E-state index contributed by atoms with van der Waals surface area (Å²) < 4.78 is 16.3. The standard InChI is InChI=1S/C22H25FN2/c1-16-5-7-17(8-6-16)11-13-25-21-4-3-12-24(2)15-20(21)19-14-18(23)9-10-22(19)25/h5-10,14H,3-4,11-13,15H2,1-2H3. The van der Waals surface area contributed by atoms with E-state index >= 15 is 0 Å². The average Bonchev–Trinajstić information content (AvgIpc) is 2.74. The van der Waals surface area contributed by atoms with Crippen molar-refractivity contribution < 1.29 is 4.39 Å². The molecule has 0 atom stereocenters. The summed E-state index contributed by atoms with van der Waals surface area (Å²) in [6, 6.07) is 14.0. The molecule has 0 unspecified atom stereocenters. The molecular formula is C22H25FN2. The van der Waals surface area contributed by atoms with Crippen LogP contribution in [0.3, 0.4) is 0 Å². The Balaban J connectivity index is 1.74. The maximum atomic E-state index is 13.9. The minimum absolute atomic E-state index is 0.141. The molecule has 1 aliphatic rings. The van der Waals surface area contributed by atoms with Crippen molar-refractivity contribution in [3.05, 3.63) is 70.7 Å². The summed E-state index contributed by atoms with van der Waals surface area (Å²) in [5, 5.41) is 1.09. The summed E-state index contributed by atoms with van der Waals surface area (Å²) >= 11 is 0. The number of nitrogens with zero attached hydrogens (tertiary/aromatic N) is 2. The van der Waals surface area contributed by atoms with Gasteiger partial charge in [0.15, 0.2) is 0 Å². The molecule has 3 heteroatoms. The Morgan fingerprint density at radius 3 is 2.68 bits per heavy atom. The molecule has 2 nitrogen and oxygen atoms in total. The van der Waals surface area contributed by atoms with Crippen molar-refractivity contribution in [3.8, 4) is 0 Å². The Labute approximate surface area is 148 Å². The summed E-state index contributed by atoms with van der Waals surface area (Å²) in [5.74, 6) is -0.141. The lowest BCUT2D eigenvalue weighted by Crippen LogP contribution is -2.17. The quantitative estimate of drug-likeness (QED) is 0.672. The van der Waals surface area contributed by atoms with Gasteiger partial charge in [0.1, 0.15) is 5.82 Å². The second kappa shape index (κ2) is 6.64. The second-order valence-electron chi connectivity index (χ2n) is 7.32. The van der Waals surface area contributed by atoms with Crippen LogP contribution in [0.15, 0.2) is 42.5 Å². The summed E-state index contributed by atoms with van der Waals surface area (Å²) in [6.07, 6.45) is 3.24. The molecule has 2 heterocycles. The van der Waals surface area contributed by atoms with Gasteiger partial charge < -0.3 is 9.47 Å². The monoisotopic (exact) mass is 336 g/mol. The number of aromatic nitrogens is 1. The third-order valence-electron chi connectivity index (χ3n) is 5.37. The average molecular weight is 336 g/mol. The van der Waals surface area contributed by atoms with E-state index in [1.165, 1.54) is 27.9 Å². The van der Waals surface area contributed by atoms with Crippen LogP contribution in [-0.4, -0.2) is 23.1 Å². The van der Waals surface area contributed by atoms with Gasteiger partial charge in [-0.3, -0.25) is 0 Å². The smallest absolute Gasteiger partial charge is 0.123 e. The number of hydrogen-bond acceptors (Lipinski definition) is 1. The van der Waals surface area contributed by atoms with Crippen LogP contribution in [0.5, 0.6) is 0 Å². The number of fused-ring (bicyclic) bond motifs is 3. The molecule has 1 aromatic heterocycles. The normalized spacial score (nSPS) is 15.3. The molecule has 0 saturated heterocycles. The molecule has 130 valence electrons. The number of hydrogen-bond donors (Lipinski definition) is 0. The van der Waals surface area contributed by atoms with E-state index in [-0.39, 0.29) is 5.82 Å². The van der Waals surface area contributed by atoms with E-state index in [1.54, 1.807) is 12.1 Å². The van der Waals surface area contributed by atoms with Gasteiger partial charge in [-0.25, -0.2) is 4.39 Å². The zero-order chi connectivity index (χ0) is 17.4. The van der Waals surface area contributed by atoms with Crippen molar-refractivity contribution in [1.82, 2.24) is 9.47 Å². The summed E-state index contributed by atoms with van der Waals surface area (Å²) in [5.41, 5.74) is 6.54. The van der Waals surface area contributed by atoms with E-state index < -0.39 is 0 Å². The Bertz CT molecular complexity index is 893. The van der Waals surface area contributed by atoms with Crippen LogP contribution in [0.2, 0.25) is 0 Å². The van der Waals surface area contributed by atoms with E-state index in [4.69, 9.17) is 0 Å². The van der Waals surface area contributed by atoms with Crippen LogP contribution in [-0.2, 0) is 25.9 Å². The fourth-order valence-electron chi connectivity index (χ4n) is 4.03. The van der Waals surface area contributed by atoms with Crippen LogP contribution in [0, 0.1) is 12.7 Å². The van der Waals surface area contributed by atoms with E-state index in [0.717, 1.165) is 44.3 Å². The third-order valence-corrected chi connectivity index (χ3v) is 5.37. The van der Waals surface area contributed by atoms with E-state index in [0.29, 0.717) is 0 Å². The Kier molecular flexibility index (Phi) is 4.34. The molecular weight excluding hydrogens is 311 g/mol. The SMILES string of the molecule is Cc1ccc(CCn2c3c(c4cc(F)ccc42)CN(C)CCC3)cc1. The molecule has 2 aromatic carbocycles. The van der Waals surface area contributed by atoms with Gasteiger partial charge in [-0.05, 0) is 69.1 Å². The molecule has 25 heavy (non-hydrogen) atoms. The first-order chi connectivity index (χ1) is 12.1. The fraction of sp³-hybridized carbons (Fsp3) is 0.364. The largest absolute Gasteiger partial charge is 0.344 e. The summed E-state index contributed by atoms with van der Waals surface area (Å²) in [4.78, 5) is 2.35. The number of benzene rings is 2. The van der Waals surface area contributed by atoms with Crippen molar-refractivity contribution in [2.45, 2.75) is 39.3 Å². The second-order valence-corrected chi connectivity index (χ2v) is 7.32. The zero-order valence-electron chi connectivity index (χ0n) is 15.1. The fourth-order valence-corrected chi connectivity index (χ4v) is 4.03. The minimum atomic E-state index is -0.141. The molecule has 0 bridgehead atoms. The number of aryl methyl sites for hydroxylation is 3. The molecule has 0 N–H and O–H groups in total. The van der Waals surface area contributed by atoms with Gasteiger partial charge >= 0.3 is 0 Å².